The van der Waals surface area contributed by atoms with Gasteiger partial charge in [-0.05, 0) is 31.4 Å². The van der Waals surface area contributed by atoms with Crippen LogP contribution in [0.2, 0.25) is 0 Å². The zero-order chi connectivity index (χ0) is 26.8. The van der Waals surface area contributed by atoms with Gasteiger partial charge in [-0.3, -0.25) is 9.69 Å². The minimum Gasteiger partial charge on any atom is -0.405 e. The molecule has 14 heteroatoms. The number of ether oxygens (including phenoxy) is 1. The molecular formula is C22H29F6N3O4S. The van der Waals surface area contributed by atoms with E-state index >= 15 is 0 Å². The van der Waals surface area contributed by atoms with Crippen LogP contribution >= 0.6 is 0 Å². The molecule has 0 unspecified atom stereocenters. The van der Waals surface area contributed by atoms with E-state index in [1.165, 1.54) is 4.31 Å². The van der Waals surface area contributed by atoms with Gasteiger partial charge in [-0.1, -0.05) is 13.0 Å². The lowest BCUT2D eigenvalue weighted by atomic mass is 9.78. The van der Waals surface area contributed by atoms with Gasteiger partial charge in [-0.15, -0.1) is 13.2 Å². The van der Waals surface area contributed by atoms with Crippen LogP contribution in [0.1, 0.15) is 49.4 Å². The summed E-state index contributed by atoms with van der Waals surface area (Å²) in [6.45, 7) is 2.26. The number of nitrogens with one attached hydrogen (secondary N) is 1. The first-order chi connectivity index (χ1) is 16.7. The zero-order valence-corrected chi connectivity index (χ0v) is 20.5. The van der Waals surface area contributed by atoms with E-state index in [1.807, 2.05) is 4.90 Å². The number of piperazine rings is 1. The molecule has 0 radical (unpaired) electrons. The highest BCUT2D eigenvalue weighted by atomic mass is 32.2. The van der Waals surface area contributed by atoms with E-state index in [-0.39, 0.29) is 51.3 Å². The van der Waals surface area contributed by atoms with Crippen molar-refractivity contribution in [3.8, 4) is 5.75 Å². The number of benzene rings is 1. The van der Waals surface area contributed by atoms with Gasteiger partial charge in [-0.25, -0.2) is 21.6 Å². The largest absolute Gasteiger partial charge is 0.573 e. The topological polar surface area (TPSA) is 79.0 Å². The second kappa shape index (κ2) is 10.7. The van der Waals surface area contributed by atoms with Crippen LogP contribution in [0.5, 0.6) is 5.75 Å². The molecule has 1 amide bonds. The molecule has 0 bridgehead atoms. The van der Waals surface area contributed by atoms with E-state index in [0.717, 1.165) is 18.2 Å². The second-order valence-electron chi connectivity index (χ2n) is 9.13. The Bertz CT molecular complexity index is 1030. The summed E-state index contributed by atoms with van der Waals surface area (Å²) in [5, 5.41) is 2.42. The molecule has 1 aliphatic carbocycles. The average Bonchev–Trinajstić information content (AvgIpc) is 2.78. The maximum absolute atomic E-state index is 14.3. The van der Waals surface area contributed by atoms with Crippen LogP contribution in [0, 0.1) is 5.82 Å². The SMILES string of the molecule is CCCS(=O)(=O)N1CCN(C2(CNC(=O)c3c(F)cccc3OC(F)(F)F)CCC(F)(F)CC2)CC1. The maximum Gasteiger partial charge on any atom is 0.573 e. The van der Waals surface area contributed by atoms with Crippen LogP contribution in [0.4, 0.5) is 26.3 Å². The Morgan fingerprint density at radius 3 is 2.25 bits per heavy atom. The van der Waals surface area contributed by atoms with Crippen molar-refractivity contribution in [3.05, 3.63) is 29.6 Å². The summed E-state index contributed by atoms with van der Waals surface area (Å²) < 4.78 is 110. The minimum absolute atomic E-state index is 0.00854. The van der Waals surface area contributed by atoms with Gasteiger partial charge in [0.05, 0.1) is 5.75 Å². The minimum atomic E-state index is -5.16. The molecule has 1 saturated heterocycles. The molecule has 2 fully saturated rings. The fourth-order valence-electron chi connectivity index (χ4n) is 4.78. The molecule has 1 saturated carbocycles. The number of amides is 1. The number of sulfonamides is 1. The molecule has 1 aromatic rings. The molecule has 1 N–H and O–H groups in total. The Labute approximate surface area is 205 Å². The molecular weight excluding hydrogens is 516 g/mol. The number of nitrogens with zero attached hydrogens (tertiary/aromatic N) is 2. The molecule has 1 aliphatic heterocycles. The standard InChI is InChI=1S/C22H29F6N3O4S/c1-2-14-36(33,34)31-12-10-30(11-13-31)20(6-8-21(24,25)9-7-20)15-29-19(32)18-16(23)4-3-5-17(18)35-22(26,27)28/h3-5H,2,6-15H2,1H3,(H,29,32). The molecule has 0 aromatic heterocycles. The summed E-state index contributed by atoms with van der Waals surface area (Å²) >= 11 is 0. The summed E-state index contributed by atoms with van der Waals surface area (Å²) in [6, 6.07) is 2.58. The van der Waals surface area contributed by atoms with Gasteiger partial charge in [0.15, 0.2) is 0 Å². The number of carbonyl (C=O) groups is 1. The van der Waals surface area contributed by atoms with Crippen molar-refractivity contribution in [2.45, 2.75) is 56.9 Å². The number of rotatable bonds is 8. The summed E-state index contributed by atoms with van der Waals surface area (Å²) in [5.41, 5.74) is -1.93. The molecule has 0 spiro atoms. The van der Waals surface area contributed by atoms with Gasteiger partial charge in [0.2, 0.25) is 15.9 Å². The Morgan fingerprint density at radius 1 is 1.08 bits per heavy atom. The van der Waals surface area contributed by atoms with E-state index in [9.17, 15) is 39.6 Å². The number of carbonyl (C=O) groups excluding carboxylic acids is 1. The fourth-order valence-corrected chi connectivity index (χ4v) is 6.27. The lowest BCUT2D eigenvalue weighted by Gasteiger charge is -2.50. The fraction of sp³-hybridized carbons (Fsp3) is 0.682. The van der Waals surface area contributed by atoms with Crippen molar-refractivity contribution in [2.75, 3.05) is 38.5 Å². The predicted molar refractivity (Wildman–Crippen MR) is 119 cm³/mol. The van der Waals surface area contributed by atoms with Crippen LogP contribution in [0.15, 0.2) is 18.2 Å². The molecule has 7 nitrogen and oxygen atoms in total. The van der Waals surface area contributed by atoms with Crippen LogP contribution in [-0.2, 0) is 10.0 Å². The van der Waals surface area contributed by atoms with Gasteiger partial charge >= 0.3 is 6.36 Å². The van der Waals surface area contributed by atoms with Crippen molar-refractivity contribution >= 4 is 15.9 Å². The lowest BCUT2D eigenvalue weighted by molar-refractivity contribution is -0.274. The molecule has 2 aliphatic rings. The van der Waals surface area contributed by atoms with E-state index in [1.54, 1.807) is 6.92 Å². The molecule has 0 atom stereocenters. The van der Waals surface area contributed by atoms with Gasteiger partial charge in [0, 0.05) is 51.1 Å². The van der Waals surface area contributed by atoms with Crippen LogP contribution < -0.4 is 10.1 Å². The molecule has 204 valence electrons. The maximum atomic E-state index is 14.3. The predicted octanol–water partition coefficient (Wildman–Crippen LogP) is 3.76. The normalized spacial score (nSPS) is 21.2. The average molecular weight is 546 g/mol. The summed E-state index contributed by atoms with van der Waals surface area (Å²) in [6.07, 6.45) is -5.73. The van der Waals surface area contributed by atoms with Crippen molar-refractivity contribution < 1.29 is 44.3 Å². The van der Waals surface area contributed by atoms with E-state index in [0.29, 0.717) is 6.42 Å². The third kappa shape index (κ3) is 6.82. The van der Waals surface area contributed by atoms with Gasteiger partial charge in [-0.2, -0.15) is 4.31 Å². The molecule has 3 rings (SSSR count). The monoisotopic (exact) mass is 545 g/mol. The number of hydrogen-bond donors (Lipinski definition) is 1. The van der Waals surface area contributed by atoms with Gasteiger partial charge < -0.3 is 10.1 Å². The van der Waals surface area contributed by atoms with E-state index in [4.69, 9.17) is 0 Å². The third-order valence-corrected chi connectivity index (χ3v) is 8.76. The molecule has 1 heterocycles. The molecule has 36 heavy (non-hydrogen) atoms. The first-order valence-electron chi connectivity index (χ1n) is 11.6. The highest BCUT2D eigenvalue weighted by Crippen LogP contribution is 2.42. The van der Waals surface area contributed by atoms with Crippen LogP contribution in [0.25, 0.3) is 0 Å². The third-order valence-electron chi connectivity index (χ3n) is 6.68. The Kier molecular flexibility index (Phi) is 8.50. The quantitative estimate of drug-likeness (QED) is 0.504. The summed E-state index contributed by atoms with van der Waals surface area (Å²) in [4.78, 5) is 14.6. The van der Waals surface area contributed by atoms with E-state index < -0.39 is 63.7 Å². The number of alkyl halides is 5. The lowest BCUT2D eigenvalue weighted by Crippen LogP contribution is -2.63. The Morgan fingerprint density at radius 2 is 1.69 bits per heavy atom. The Hall–Kier alpha value is -2.06. The Balaban J connectivity index is 1.78. The number of hydrogen-bond acceptors (Lipinski definition) is 5. The van der Waals surface area contributed by atoms with Gasteiger partial charge in [0.1, 0.15) is 17.1 Å². The van der Waals surface area contributed by atoms with Crippen molar-refractivity contribution in [1.82, 2.24) is 14.5 Å². The van der Waals surface area contributed by atoms with Crippen LogP contribution in [-0.4, -0.2) is 79.8 Å². The summed E-state index contributed by atoms with van der Waals surface area (Å²) in [7, 11) is -3.44. The smallest absolute Gasteiger partial charge is 0.405 e. The summed E-state index contributed by atoms with van der Waals surface area (Å²) in [5.74, 6) is -6.33. The second-order valence-corrected chi connectivity index (χ2v) is 11.2. The van der Waals surface area contributed by atoms with Crippen molar-refractivity contribution in [3.63, 3.8) is 0 Å². The van der Waals surface area contributed by atoms with E-state index in [2.05, 4.69) is 10.1 Å². The number of halogens is 6. The zero-order valence-electron chi connectivity index (χ0n) is 19.7. The van der Waals surface area contributed by atoms with Crippen molar-refractivity contribution in [2.24, 2.45) is 0 Å². The van der Waals surface area contributed by atoms with Crippen LogP contribution in [0.3, 0.4) is 0 Å². The first kappa shape index (κ1) is 28.5. The van der Waals surface area contributed by atoms with Crippen molar-refractivity contribution in [1.29, 1.82) is 0 Å². The highest BCUT2D eigenvalue weighted by Gasteiger charge is 2.48. The first-order valence-corrected chi connectivity index (χ1v) is 13.2. The molecule has 1 aromatic carbocycles. The highest BCUT2D eigenvalue weighted by molar-refractivity contribution is 7.89. The van der Waals surface area contributed by atoms with Gasteiger partial charge in [0.25, 0.3) is 5.91 Å².